The van der Waals surface area contributed by atoms with Crippen LogP contribution in [0.3, 0.4) is 0 Å². The van der Waals surface area contributed by atoms with Crippen LogP contribution in [0.5, 0.6) is 0 Å². The maximum Gasteiger partial charge on any atom is 0.237 e. The number of ether oxygens (including phenoxy) is 1. The molecule has 0 saturated carbocycles. The number of hydrogen-bond donors (Lipinski definition) is 1. The van der Waals surface area contributed by atoms with E-state index in [0.717, 1.165) is 19.2 Å². The Hall–Kier alpha value is 0.0499. The van der Waals surface area contributed by atoms with Crippen LogP contribution < -0.4 is 5.64 Å². The van der Waals surface area contributed by atoms with Gasteiger partial charge in [0.2, 0.25) is 7.41 Å². The van der Waals surface area contributed by atoms with Gasteiger partial charge in [-0.1, -0.05) is 12.6 Å². The van der Waals surface area contributed by atoms with Gasteiger partial charge in [-0.2, -0.15) is 0 Å². The van der Waals surface area contributed by atoms with E-state index in [0.29, 0.717) is 0 Å². The van der Waals surface area contributed by atoms with Crippen LogP contribution in [0, 0.1) is 0 Å². The Labute approximate surface area is 51.3 Å². The first-order valence-electron chi connectivity index (χ1n) is 2.92. The summed E-state index contributed by atoms with van der Waals surface area (Å²) in [5.74, 6) is 0. The fourth-order valence-corrected chi connectivity index (χ4v) is 0.787. The predicted octanol–water partition coefficient (Wildman–Crippen LogP) is -0.539. The quantitative estimate of drug-likeness (QED) is 0.458. The Morgan fingerprint density at radius 3 is 3.00 bits per heavy atom. The number of hydrogen-bond acceptors (Lipinski definition) is 2. The summed E-state index contributed by atoms with van der Waals surface area (Å²) >= 11 is 0. The summed E-state index contributed by atoms with van der Waals surface area (Å²) in [5, 5.41) is 0. The second-order valence-electron chi connectivity index (χ2n) is 1.91. The van der Waals surface area contributed by atoms with Gasteiger partial charge in [-0.05, 0) is 0 Å². The molecular formula is C4H9B2NO. The molecule has 1 aliphatic heterocycles. The summed E-state index contributed by atoms with van der Waals surface area (Å²) in [5.41, 5.74) is 5.23. The molecule has 1 rings (SSSR count). The lowest BCUT2D eigenvalue weighted by Crippen LogP contribution is -2.32. The molecule has 1 saturated heterocycles. The molecule has 4 heteroatoms. The molecule has 42 valence electrons. The predicted molar refractivity (Wildman–Crippen MR) is 35.0 cm³/mol. The Kier molecular flexibility index (Phi) is 2.43. The van der Waals surface area contributed by atoms with Crippen molar-refractivity contribution in [3.05, 3.63) is 0 Å². The van der Waals surface area contributed by atoms with Gasteiger partial charge in [0.15, 0.2) is 0 Å². The van der Waals surface area contributed by atoms with Crippen LogP contribution >= 0.6 is 0 Å². The maximum absolute atomic E-state index is 5.23. The van der Waals surface area contributed by atoms with Crippen molar-refractivity contribution in [3.8, 4) is 0 Å². The normalized spacial score (nSPS) is 28.9. The van der Waals surface area contributed by atoms with Crippen molar-refractivity contribution in [2.24, 2.45) is 5.64 Å². The van der Waals surface area contributed by atoms with Crippen molar-refractivity contribution in [2.45, 2.75) is 18.6 Å². The van der Waals surface area contributed by atoms with Gasteiger partial charge in [-0.25, -0.2) is 0 Å². The van der Waals surface area contributed by atoms with Crippen LogP contribution in [-0.2, 0) is 4.74 Å². The lowest BCUT2D eigenvalue weighted by atomic mass is 9.62. The molecular weight excluding hydrogens is 99.7 g/mol. The van der Waals surface area contributed by atoms with E-state index in [4.69, 9.17) is 10.4 Å². The van der Waals surface area contributed by atoms with Crippen molar-refractivity contribution in [1.29, 1.82) is 0 Å². The monoisotopic (exact) mass is 109 g/mol. The van der Waals surface area contributed by atoms with E-state index >= 15 is 0 Å². The molecule has 2 N–H and O–H groups in total. The average Bonchev–Trinajstić information content (AvgIpc) is 1.90. The zero-order chi connectivity index (χ0) is 5.82. The maximum atomic E-state index is 5.23. The van der Waals surface area contributed by atoms with Gasteiger partial charge in [0.1, 0.15) is 7.28 Å². The summed E-state index contributed by atoms with van der Waals surface area (Å²) in [6.07, 6.45) is 2.06. The molecule has 2 nitrogen and oxygen atoms in total. The standard InChI is InChI=1S/C4H9B2NO/c7-6-4-3-5-1-2-8-4/h4H,1-3,7H2. The highest BCUT2D eigenvalue weighted by molar-refractivity contribution is 6.42. The van der Waals surface area contributed by atoms with Crippen LogP contribution in [0.4, 0.5) is 0 Å². The summed E-state index contributed by atoms with van der Waals surface area (Å²) in [4.78, 5) is 0. The number of rotatable bonds is 1. The summed E-state index contributed by atoms with van der Waals surface area (Å²) in [7, 11) is 3.81. The molecule has 1 heterocycles. The lowest BCUT2D eigenvalue weighted by molar-refractivity contribution is 0.120. The molecule has 1 unspecified atom stereocenters. The Morgan fingerprint density at radius 2 is 2.62 bits per heavy atom. The Morgan fingerprint density at radius 1 is 1.75 bits per heavy atom. The first-order valence-corrected chi connectivity index (χ1v) is 2.92. The zero-order valence-electron chi connectivity index (χ0n) is 4.84. The van der Waals surface area contributed by atoms with Crippen LogP contribution in [0.15, 0.2) is 0 Å². The minimum Gasteiger partial charge on any atom is -0.387 e. The smallest absolute Gasteiger partial charge is 0.237 e. The second kappa shape index (κ2) is 3.15. The third kappa shape index (κ3) is 1.53. The van der Waals surface area contributed by atoms with Gasteiger partial charge in [-0.3, -0.25) is 0 Å². The molecule has 1 aliphatic rings. The van der Waals surface area contributed by atoms with E-state index in [2.05, 4.69) is 7.28 Å². The molecule has 0 aliphatic carbocycles. The topological polar surface area (TPSA) is 35.2 Å². The highest BCUT2D eigenvalue weighted by Crippen LogP contribution is 2.04. The highest BCUT2D eigenvalue weighted by Gasteiger charge is 2.12. The van der Waals surface area contributed by atoms with Crippen molar-refractivity contribution >= 4 is 14.7 Å². The summed E-state index contributed by atoms with van der Waals surface area (Å²) < 4.78 is 5.22. The third-order valence-electron chi connectivity index (χ3n) is 1.27. The molecule has 1 atom stereocenters. The molecule has 2 radical (unpaired) electrons. The van der Waals surface area contributed by atoms with Crippen LogP contribution in [0.1, 0.15) is 0 Å². The third-order valence-corrected chi connectivity index (χ3v) is 1.27. The first-order chi connectivity index (χ1) is 3.93. The van der Waals surface area contributed by atoms with Crippen LogP contribution in [-0.4, -0.2) is 27.3 Å². The Bertz CT molecular complexity index is 65.1. The molecule has 0 aromatic rings. The van der Waals surface area contributed by atoms with E-state index in [-0.39, 0.29) is 6.00 Å². The lowest BCUT2D eigenvalue weighted by Gasteiger charge is -2.18. The van der Waals surface area contributed by atoms with Gasteiger partial charge in [0, 0.05) is 12.6 Å². The average molecular weight is 109 g/mol. The largest absolute Gasteiger partial charge is 0.387 e. The van der Waals surface area contributed by atoms with Gasteiger partial charge in [0.25, 0.3) is 0 Å². The van der Waals surface area contributed by atoms with Crippen molar-refractivity contribution in [3.63, 3.8) is 0 Å². The summed E-state index contributed by atoms with van der Waals surface area (Å²) in [6.45, 7) is 0.832. The fourth-order valence-electron chi connectivity index (χ4n) is 0.787. The molecule has 0 aromatic carbocycles. The van der Waals surface area contributed by atoms with Gasteiger partial charge in [-0.15, -0.1) is 0 Å². The summed E-state index contributed by atoms with van der Waals surface area (Å²) in [6, 6.07) is 0.184. The van der Waals surface area contributed by atoms with E-state index in [9.17, 15) is 0 Å². The molecule has 0 spiro atoms. The molecule has 0 aromatic heterocycles. The van der Waals surface area contributed by atoms with Gasteiger partial charge >= 0.3 is 0 Å². The van der Waals surface area contributed by atoms with E-state index in [1.54, 1.807) is 7.41 Å². The van der Waals surface area contributed by atoms with E-state index in [1.807, 2.05) is 0 Å². The minimum atomic E-state index is 0.184. The Balaban J connectivity index is 2.13. The second-order valence-corrected chi connectivity index (χ2v) is 1.91. The zero-order valence-corrected chi connectivity index (χ0v) is 4.84. The first kappa shape index (κ1) is 6.17. The van der Waals surface area contributed by atoms with Crippen molar-refractivity contribution < 1.29 is 4.74 Å². The van der Waals surface area contributed by atoms with E-state index < -0.39 is 0 Å². The molecule has 0 bridgehead atoms. The highest BCUT2D eigenvalue weighted by atomic mass is 16.5. The molecule has 8 heavy (non-hydrogen) atoms. The molecule has 0 amide bonds. The molecule has 1 fully saturated rings. The van der Waals surface area contributed by atoms with Crippen LogP contribution in [0.2, 0.25) is 12.6 Å². The SMILES string of the molecule is N[B]C1C[B]CCO1. The fraction of sp³-hybridized carbons (Fsp3) is 1.00. The van der Waals surface area contributed by atoms with Crippen LogP contribution in [0.25, 0.3) is 0 Å². The van der Waals surface area contributed by atoms with Crippen molar-refractivity contribution in [1.82, 2.24) is 0 Å². The van der Waals surface area contributed by atoms with E-state index in [1.165, 1.54) is 0 Å². The van der Waals surface area contributed by atoms with Crippen molar-refractivity contribution in [2.75, 3.05) is 6.61 Å². The minimum absolute atomic E-state index is 0.184. The van der Waals surface area contributed by atoms with Gasteiger partial charge in [0.05, 0.1) is 0 Å². The number of nitrogens with two attached hydrogens (primary N) is 1. The van der Waals surface area contributed by atoms with Gasteiger partial charge < -0.3 is 10.4 Å².